The Bertz CT molecular complexity index is 871. The molecule has 0 bridgehead atoms. The summed E-state index contributed by atoms with van der Waals surface area (Å²) in [6.45, 7) is 4.00. The van der Waals surface area contributed by atoms with Crippen molar-refractivity contribution in [2.24, 2.45) is 5.92 Å². The fourth-order valence-corrected chi connectivity index (χ4v) is 2.52. The van der Waals surface area contributed by atoms with Gasteiger partial charge in [-0.25, -0.2) is 9.37 Å². The van der Waals surface area contributed by atoms with E-state index in [1.54, 1.807) is 24.5 Å². The summed E-state index contributed by atoms with van der Waals surface area (Å²) in [6, 6.07) is 11.4. The molecule has 0 aliphatic heterocycles. The van der Waals surface area contributed by atoms with E-state index in [0.717, 1.165) is 5.56 Å². The predicted molar refractivity (Wildman–Crippen MR) is 104 cm³/mol. The van der Waals surface area contributed by atoms with Gasteiger partial charge in [0.25, 0.3) is 0 Å². The minimum atomic E-state index is -0.300. The van der Waals surface area contributed by atoms with E-state index in [1.165, 1.54) is 12.1 Å². The van der Waals surface area contributed by atoms with Crippen LogP contribution in [0.2, 0.25) is 0 Å². The molecule has 6 nitrogen and oxygen atoms in total. The first-order chi connectivity index (χ1) is 13.0. The molecule has 1 atom stereocenters. The van der Waals surface area contributed by atoms with Crippen molar-refractivity contribution in [3.8, 4) is 11.3 Å². The quantitative estimate of drug-likeness (QED) is 0.588. The fraction of sp³-hybridized carbons (Fsp3) is 0.250. The highest BCUT2D eigenvalue weighted by Gasteiger charge is 2.15. The second-order valence-electron chi connectivity index (χ2n) is 6.51. The average Bonchev–Trinajstić information content (AvgIpc) is 2.68. The summed E-state index contributed by atoms with van der Waals surface area (Å²) in [4.78, 5) is 13.1. The van der Waals surface area contributed by atoms with Crippen LogP contribution in [0.5, 0.6) is 0 Å². The van der Waals surface area contributed by atoms with Crippen LogP contribution in [0.3, 0.4) is 0 Å². The monoisotopic (exact) mass is 367 g/mol. The van der Waals surface area contributed by atoms with Gasteiger partial charge in [-0.1, -0.05) is 13.8 Å². The van der Waals surface area contributed by atoms with Gasteiger partial charge in [-0.05, 0) is 42.3 Å². The molecule has 0 radical (unpaired) electrons. The second-order valence-corrected chi connectivity index (χ2v) is 6.51. The molecule has 0 aliphatic rings. The molecule has 7 heteroatoms. The predicted octanol–water partition coefficient (Wildman–Crippen LogP) is 3.85. The zero-order valence-electron chi connectivity index (χ0n) is 15.2. The van der Waals surface area contributed by atoms with Gasteiger partial charge in [-0.2, -0.15) is 4.98 Å². The first-order valence-electron chi connectivity index (χ1n) is 8.74. The van der Waals surface area contributed by atoms with Crippen LogP contribution >= 0.6 is 0 Å². The number of nitrogens with zero attached hydrogens (tertiary/aromatic N) is 3. The van der Waals surface area contributed by atoms with Crippen LogP contribution in [0.25, 0.3) is 11.3 Å². The minimum absolute atomic E-state index is 0.0266. The molecule has 0 saturated heterocycles. The van der Waals surface area contributed by atoms with E-state index >= 15 is 0 Å². The molecule has 0 fully saturated rings. The van der Waals surface area contributed by atoms with E-state index in [2.05, 4.69) is 25.6 Å². The van der Waals surface area contributed by atoms with Crippen molar-refractivity contribution in [1.82, 2.24) is 15.0 Å². The molecule has 140 valence electrons. The van der Waals surface area contributed by atoms with Gasteiger partial charge in [-0.3, -0.25) is 4.98 Å². The number of pyridine rings is 1. The first-order valence-corrected chi connectivity index (χ1v) is 8.74. The zero-order valence-corrected chi connectivity index (χ0v) is 15.2. The number of anilines is 3. The zero-order chi connectivity index (χ0) is 19.2. The summed E-state index contributed by atoms with van der Waals surface area (Å²) in [5.74, 6) is 0.871. The Morgan fingerprint density at radius 1 is 1.04 bits per heavy atom. The lowest BCUT2D eigenvalue weighted by molar-refractivity contribution is 0.248. The number of aliphatic hydroxyl groups is 1. The Labute approximate surface area is 157 Å². The summed E-state index contributed by atoms with van der Waals surface area (Å²) in [5, 5.41) is 15.9. The van der Waals surface area contributed by atoms with Gasteiger partial charge in [0, 0.05) is 29.7 Å². The second kappa shape index (κ2) is 8.55. The topological polar surface area (TPSA) is 83.0 Å². The van der Waals surface area contributed by atoms with Crippen LogP contribution in [0.15, 0.2) is 54.9 Å². The Morgan fingerprint density at radius 3 is 2.37 bits per heavy atom. The highest BCUT2D eigenvalue weighted by atomic mass is 19.1. The van der Waals surface area contributed by atoms with E-state index in [0.29, 0.717) is 23.1 Å². The van der Waals surface area contributed by atoms with Gasteiger partial charge in [-0.15, -0.1) is 0 Å². The Morgan fingerprint density at radius 2 is 1.74 bits per heavy atom. The Kier molecular flexibility index (Phi) is 5.93. The van der Waals surface area contributed by atoms with Gasteiger partial charge in [0.15, 0.2) is 0 Å². The molecule has 3 aromatic rings. The van der Waals surface area contributed by atoms with Crippen LogP contribution < -0.4 is 10.6 Å². The van der Waals surface area contributed by atoms with E-state index in [9.17, 15) is 9.50 Å². The third-order valence-corrected chi connectivity index (χ3v) is 4.13. The Hall–Kier alpha value is -3.06. The van der Waals surface area contributed by atoms with Crippen LogP contribution in [0.4, 0.5) is 21.8 Å². The number of nitrogens with one attached hydrogen (secondary N) is 2. The van der Waals surface area contributed by atoms with Gasteiger partial charge in [0.05, 0.1) is 18.3 Å². The van der Waals surface area contributed by atoms with Crippen molar-refractivity contribution in [3.05, 3.63) is 60.7 Å². The van der Waals surface area contributed by atoms with Crippen LogP contribution in [0, 0.1) is 11.7 Å². The summed E-state index contributed by atoms with van der Waals surface area (Å²) in [5.41, 5.74) is 2.31. The van der Waals surface area contributed by atoms with Crippen molar-refractivity contribution in [1.29, 1.82) is 0 Å². The Balaban J connectivity index is 1.96. The minimum Gasteiger partial charge on any atom is -0.394 e. The lowest BCUT2D eigenvalue weighted by Gasteiger charge is -2.20. The molecule has 3 rings (SSSR count). The van der Waals surface area contributed by atoms with Crippen molar-refractivity contribution in [3.63, 3.8) is 0 Å². The number of aliphatic hydroxyl groups excluding tert-OH is 1. The SMILES string of the molecule is CC(C)[C@H](CO)Nc1nc(Nc2ccc(F)cc2)cc(-c2ccncc2)n1. The number of rotatable bonds is 7. The normalized spacial score (nSPS) is 12.0. The number of halogens is 1. The molecule has 0 spiro atoms. The summed E-state index contributed by atoms with van der Waals surface area (Å²) in [6.07, 6.45) is 3.39. The number of hydrogen-bond donors (Lipinski definition) is 3. The van der Waals surface area contributed by atoms with E-state index in [4.69, 9.17) is 0 Å². The lowest BCUT2D eigenvalue weighted by atomic mass is 10.1. The van der Waals surface area contributed by atoms with Gasteiger partial charge in [0.1, 0.15) is 11.6 Å². The van der Waals surface area contributed by atoms with Gasteiger partial charge < -0.3 is 15.7 Å². The largest absolute Gasteiger partial charge is 0.394 e. The highest BCUT2D eigenvalue weighted by molar-refractivity contribution is 5.67. The summed E-state index contributed by atoms with van der Waals surface area (Å²) in [7, 11) is 0. The van der Waals surface area contributed by atoms with E-state index < -0.39 is 0 Å². The molecule has 27 heavy (non-hydrogen) atoms. The molecule has 0 saturated carbocycles. The third-order valence-electron chi connectivity index (χ3n) is 4.13. The first kappa shape index (κ1) is 18.7. The average molecular weight is 367 g/mol. The smallest absolute Gasteiger partial charge is 0.225 e. The maximum absolute atomic E-state index is 13.1. The lowest BCUT2D eigenvalue weighted by Crippen LogP contribution is -2.30. The highest BCUT2D eigenvalue weighted by Crippen LogP contribution is 2.24. The molecule has 3 N–H and O–H groups in total. The van der Waals surface area contributed by atoms with Gasteiger partial charge >= 0.3 is 0 Å². The van der Waals surface area contributed by atoms with E-state index in [1.807, 2.05) is 32.0 Å². The van der Waals surface area contributed by atoms with Crippen molar-refractivity contribution in [2.75, 3.05) is 17.2 Å². The number of hydrogen-bond acceptors (Lipinski definition) is 6. The molecule has 0 unspecified atom stereocenters. The molecule has 2 heterocycles. The third kappa shape index (κ3) is 4.98. The van der Waals surface area contributed by atoms with Crippen molar-refractivity contribution in [2.45, 2.75) is 19.9 Å². The molecule has 1 aromatic carbocycles. The van der Waals surface area contributed by atoms with Gasteiger partial charge in [0.2, 0.25) is 5.95 Å². The van der Waals surface area contributed by atoms with Crippen molar-refractivity contribution < 1.29 is 9.50 Å². The molecule has 2 aromatic heterocycles. The van der Waals surface area contributed by atoms with Crippen LogP contribution in [-0.2, 0) is 0 Å². The van der Waals surface area contributed by atoms with Crippen LogP contribution in [0.1, 0.15) is 13.8 Å². The molecule has 0 aliphatic carbocycles. The fourth-order valence-electron chi connectivity index (χ4n) is 2.52. The van der Waals surface area contributed by atoms with Crippen LogP contribution in [-0.4, -0.2) is 32.7 Å². The number of aromatic nitrogens is 3. The maximum atomic E-state index is 13.1. The summed E-state index contributed by atoms with van der Waals surface area (Å²) < 4.78 is 13.1. The number of benzene rings is 1. The van der Waals surface area contributed by atoms with E-state index in [-0.39, 0.29) is 24.4 Å². The molecular formula is C20H22FN5O. The molecule has 0 amide bonds. The molecular weight excluding hydrogens is 345 g/mol. The van der Waals surface area contributed by atoms with Crippen molar-refractivity contribution >= 4 is 17.5 Å². The standard InChI is InChI=1S/C20H22FN5O/c1-13(2)18(12-27)25-20-24-17(14-7-9-22-10-8-14)11-19(26-20)23-16-5-3-15(21)4-6-16/h3-11,13,18,27H,12H2,1-2H3,(H2,23,24,25,26)/t18-/m0/s1. The summed E-state index contributed by atoms with van der Waals surface area (Å²) >= 11 is 0. The maximum Gasteiger partial charge on any atom is 0.225 e.